The van der Waals surface area contributed by atoms with E-state index in [1.807, 2.05) is 0 Å². The Balaban J connectivity index is 1.89. The van der Waals surface area contributed by atoms with Crippen LogP contribution in [0.4, 0.5) is 0 Å². The van der Waals surface area contributed by atoms with Gasteiger partial charge in [-0.3, -0.25) is 0 Å². The van der Waals surface area contributed by atoms with Gasteiger partial charge in [0.05, 0.1) is 0 Å². The molecule has 1 aliphatic carbocycles. The van der Waals surface area contributed by atoms with Crippen molar-refractivity contribution in [1.29, 1.82) is 0 Å². The number of piperidine rings is 1. The maximum Gasteiger partial charge on any atom is 0.281 e. The standard InChI is InChI=1S/C13H27N3O2S/c1-15(11-13-4-2-3-5-13)19(17,18)16-8-6-12(10-14)7-9-16/h12-13H,2-11,14H2,1H3. The molecule has 5 nitrogen and oxygen atoms in total. The van der Waals surface area contributed by atoms with Crippen LogP contribution in [0.1, 0.15) is 38.5 Å². The minimum absolute atomic E-state index is 0.492. The van der Waals surface area contributed by atoms with E-state index in [1.165, 1.54) is 25.7 Å². The first-order valence-corrected chi connectivity index (χ1v) is 8.85. The predicted octanol–water partition coefficient (Wildman–Crippen LogP) is 1.02. The fourth-order valence-electron chi connectivity index (χ4n) is 3.22. The van der Waals surface area contributed by atoms with Crippen LogP contribution >= 0.6 is 0 Å². The number of nitrogens with two attached hydrogens (primary N) is 1. The first kappa shape index (κ1) is 15.2. The first-order chi connectivity index (χ1) is 9.04. The van der Waals surface area contributed by atoms with E-state index in [0.717, 1.165) is 12.8 Å². The van der Waals surface area contributed by atoms with Gasteiger partial charge in [-0.25, -0.2) is 0 Å². The minimum atomic E-state index is -3.26. The topological polar surface area (TPSA) is 66.6 Å². The summed E-state index contributed by atoms with van der Waals surface area (Å²) in [6.45, 7) is 2.60. The zero-order valence-corrected chi connectivity index (χ0v) is 12.7. The molecular formula is C13H27N3O2S. The largest absolute Gasteiger partial charge is 0.330 e. The third-order valence-corrected chi connectivity index (χ3v) is 6.57. The summed E-state index contributed by atoms with van der Waals surface area (Å²) in [5.41, 5.74) is 5.65. The second-order valence-corrected chi connectivity index (χ2v) is 8.05. The molecule has 0 atom stereocenters. The van der Waals surface area contributed by atoms with Crippen LogP contribution < -0.4 is 5.73 Å². The lowest BCUT2D eigenvalue weighted by molar-refractivity contribution is 0.257. The van der Waals surface area contributed by atoms with Crippen LogP contribution in [0.3, 0.4) is 0 Å². The average molecular weight is 289 g/mol. The number of nitrogens with zero attached hydrogens (tertiary/aromatic N) is 2. The summed E-state index contributed by atoms with van der Waals surface area (Å²) >= 11 is 0. The summed E-state index contributed by atoms with van der Waals surface area (Å²) in [4.78, 5) is 0. The highest BCUT2D eigenvalue weighted by atomic mass is 32.2. The molecule has 2 fully saturated rings. The molecule has 0 aromatic rings. The minimum Gasteiger partial charge on any atom is -0.330 e. The molecule has 0 amide bonds. The Morgan fingerprint density at radius 3 is 2.21 bits per heavy atom. The van der Waals surface area contributed by atoms with Crippen LogP contribution in [-0.2, 0) is 10.2 Å². The van der Waals surface area contributed by atoms with Crippen LogP contribution in [-0.4, -0.2) is 50.3 Å². The van der Waals surface area contributed by atoms with Crippen molar-refractivity contribution in [3.8, 4) is 0 Å². The molecule has 0 unspecified atom stereocenters. The second-order valence-electron chi connectivity index (χ2n) is 6.02. The van der Waals surface area contributed by atoms with Crippen molar-refractivity contribution in [2.24, 2.45) is 17.6 Å². The summed E-state index contributed by atoms with van der Waals surface area (Å²) < 4.78 is 28.2. The molecule has 1 heterocycles. The Bertz CT molecular complexity index is 371. The molecule has 0 spiro atoms. The first-order valence-electron chi connectivity index (χ1n) is 7.45. The van der Waals surface area contributed by atoms with E-state index in [2.05, 4.69) is 0 Å². The van der Waals surface area contributed by atoms with Crippen LogP contribution in [0.25, 0.3) is 0 Å². The highest BCUT2D eigenvalue weighted by Gasteiger charge is 2.32. The Kier molecular flexibility index (Phi) is 5.22. The lowest BCUT2D eigenvalue weighted by Gasteiger charge is -2.34. The monoisotopic (exact) mass is 289 g/mol. The lowest BCUT2D eigenvalue weighted by atomic mass is 9.99. The highest BCUT2D eigenvalue weighted by molar-refractivity contribution is 7.86. The van der Waals surface area contributed by atoms with Gasteiger partial charge in [0.25, 0.3) is 10.2 Å². The molecule has 0 radical (unpaired) electrons. The van der Waals surface area contributed by atoms with E-state index in [-0.39, 0.29) is 0 Å². The molecule has 0 aromatic heterocycles. The summed E-state index contributed by atoms with van der Waals surface area (Å²) in [6.07, 6.45) is 6.64. The lowest BCUT2D eigenvalue weighted by Crippen LogP contribution is -2.47. The van der Waals surface area contributed by atoms with Gasteiger partial charge in [-0.1, -0.05) is 12.8 Å². The quantitative estimate of drug-likeness (QED) is 0.822. The Morgan fingerprint density at radius 2 is 1.68 bits per heavy atom. The van der Waals surface area contributed by atoms with Crippen molar-refractivity contribution < 1.29 is 8.42 Å². The Hall–Kier alpha value is -0.170. The molecule has 2 N–H and O–H groups in total. The molecule has 0 bridgehead atoms. The zero-order valence-electron chi connectivity index (χ0n) is 11.9. The highest BCUT2D eigenvalue weighted by Crippen LogP contribution is 2.27. The molecule has 1 aliphatic heterocycles. The van der Waals surface area contributed by atoms with Gasteiger partial charge in [-0.2, -0.15) is 17.0 Å². The van der Waals surface area contributed by atoms with E-state index in [0.29, 0.717) is 38.0 Å². The van der Waals surface area contributed by atoms with Gasteiger partial charge in [-0.15, -0.1) is 0 Å². The van der Waals surface area contributed by atoms with E-state index < -0.39 is 10.2 Å². The summed E-state index contributed by atoms with van der Waals surface area (Å²) in [5, 5.41) is 0. The molecule has 2 rings (SSSR count). The van der Waals surface area contributed by atoms with Crippen molar-refractivity contribution in [3.05, 3.63) is 0 Å². The molecule has 0 aromatic carbocycles. The van der Waals surface area contributed by atoms with E-state index in [9.17, 15) is 8.42 Å². The Labute approximate surface area is 117 Å². The van der Waals surface area contributed by atoms with Crippen molar-refractivity contribution in [3.63, 3.8) is 0 Å². The van der Waals surface area contributed by atoms with Crippen molar-refractivity contribution in [1.82, 2.24) is 8.61 Å². The van der Waals surface area contributed by atoms with Crippen molar-refractivity contribution in [2.45, 2.75) is 38.5 Å². The van der Waals surface area contributed by atoms with Crippen LogP contribution in [0, 0.1) is 11.8 Å². The number of rotatable bonds is 5. The van der Waals surface area contributed by atoms with Crippen LogP contribution in [0.2, 0.25) is 0 Å². The number of hydrogen-bond acceptors (Lipinski definition) is 3. The molecule has 19 heavy (non-hydrogen) atoms. The summed E-state index contributed by atoms with van der Waals surface area (Å²) in [6, 6.07) is 0. The second kappa shape index (κ2) is 6.52. The van der Waals surface area contributed by atoms with Crippen LogP contribution in [0.5, 0.6) is 0 Å². The van der Waals surface area contributed by atoms with Gasteiger partial charge in [0, 0.05) is 26.7 Å². The maximum absolute atomic E-state index is 12.5. The molecule has 2 aliphatic rings. The van der Waals surface area contributed by atoms with Gasteiger partial charge in [0.15, 0.2) is 0 Å². The fourth-order valence-corrected chi connectivity index (χ4v) is 4.69. The Morgan fingerprint density at radius 1 is 1.11 bits per heavy atom. The molecule has 6 heteroatoms. The smallest absolute Gasteiger partial charge is 0.281 e. The predicted molar refractivity (Wildman–Crippen MR) is 76.9 cm³/mol. The summed E-state index contributed by atoms with van der Waals surface area (Å²) in [7, 11) is -1.53. The van der Waals surface area contributed by atoms with E-state index >= 15 is 0 Å². The van der Waals surface area contributed by atoms with Gasteiger partial charge < -0.3 is 5.73 Å². The van der Waals surface area contributed by atoms with Crippen LogP contribution in [0.15, 0.2) is 0 Å². The van der Waals surface area contributed by atoms with Crippen molar-refractivity contribution in [2.75, 3.05) is 33.2 Å². The molecular weight excluding hydrogens is 262 g/mol. The van der Waals surface area contributed by atoms with E-state index in [4.69, 9.17) is 5.73 Å². The van der Waals surface area contributed by atoms with Gasteiger partial charge in [0.2, 0.25) is 0 Å². The molecule has 112 valence electrons. The molecule has 1 saturated heterocycles. The van der Waals surface area contributed by atoms with Crippen molar-refractivity contribution >= 4 is 10.2 Å². The zero-order chi connectivity index (χ0) is 13.9. The third-order valence-electron chi connectivity index (χ3n) is 4.62. The third kappa shape index (κ3) is 3.68. The maximum atomic E-state index is 12.5. The SMILES string of the molecule is CN(CC1CCCC1)S(=O)(=O)N1CCC(CN)CC1. The fraction of sp³-hybridized carbons (Fsp3) is 1.00. The van der Waals surface area contributed by atoms with E-state index in [1.54, 1.807) is 15.7 Å². The summed E-state index contributed by atoms with van der Waals surface area (Å²) in [5.74, 6) is 1.05. The molecule has 1 saturated carbocycles. The van der Waals surface area contributed by atoms with Gasteiger partial charge >= 0.3 is 0 Å². The van der Waals surface area contributed by atoms with Gasteiger partial charge in [-0.05, 0) is 44.1 Å². The van der Waals surface area contributed by atoms with Gasteiger partial charge in [0.1, 0.15) is 0 Å². The average Bonchev–Trinajstić information content (AvgIpc) is 2.91. The normalized spacial score (nSPS) is 24.4. The number of hydrogen-bond donors (Lipinski definition) is 1.